The molecule has 8 nitrogen and oxygen atoms in total. The summed E-state index contributed by atoms with van der Waals surface area (Å²) < 4.78 is 4.59. The molecule has 94 valence electrons. The van der Waals surface area contributed by atoms with Crippen molar-refractivity contribution < 1.29 is 14.4 Å². The van der Waals surface area contributed by atoms with Crippen LogP contribution in [0.5, 0.6) is 0 Å². The molecule has 2 aromatic rings. The molecule has 0 aliphatic carbocycles. The molecule has 0 bridgehead atoms. The molecule has 0 unspecified atom stereocenters. The van der Waals surface area contributed by atoms with Gasteiger partial charge < -0.3 is 14.9 Å². The molecule has 18 heavy (non-hydrogen) atoms. The van der Waals surface area contributed by atoms with Gasteiger partial charge in [0.15, 0.2) is 11.5 Å². The molecule has 0 atom stereocenters. The Morgan fingerprint density at radius 3 is 3.00 bits per heavy atom. The monoisotopic (exact) mass is 249 g/mol. The lowest BCUT2D eigenvalue weighted by molar-refractivity contribution is 0.0690. The quantitative estimate of drug-likeness (QED) is 0.788. The number of aryl methyl sites for hydroxylation is 1. The molecule has 0 amide bonds. The Hall–Kier alpha value is -2.51. The summed E-state index contributed by atoms with van der Waals surface area (Å²) in [6.07, 6.45) is 1.79. The van der Waals surface area contributed by atoms with Gasteiger partial charge in [-0.05, 0) is 13.0 Å². The summed E-state index contributed by atoms with van der Waals surface area (Å²) in [5.41, 5.74) is 0.550. The Bertz CT molecular complexity index is 540. The fraction of sp³-hybridized carbons (Fsp3) is 0.300. The normalized spacial score (nSPS) is 10.3. The van der Waals surface area contributed by atoms with E-state index in [1.165, 1.54) is 12.5 Å². The number of anilines is 1. The average molecular weight is 249 g/mol. The number of nitrogens with one attached hydrogen (secondary N) is 1. The molecule has 0 aliphatic heterocycles. The first kappa shape index (κ1) is 12.0. The molecule has 8 heteroatoms. The van der Waals surface area contributed by atoms with Gasteiger partial charge in [0, 0.05) is 18.7 Å². The summed E-state index contributed by atoms with van der Waals surface area (Å²) in [6.45, 7) is 2.19. The number of carbonyl (C=O) groups is 1. The van der Waals surface area contributed by atoms with Crippen LogP contribution in [0.2, 0.25) is 0 Å². The predicted molar refractivity (Wildman–Crippen MR) is 60.2 cm³/mol. The molecule has 0 aromatic carbocycles. The zero-order valence-corrected chi connectivity index (χ0v) is 9.62. The lowest BCUT2D eigenvalue weighted by atomic mass is 10.3. The minimum absolute atomic E-state index is 0.0374. The third-order valence-electron chi connectivity index (χ3n) is 2.11. The highest BCUT2D eigenvalue weighted by Gasteiger charge is 2.08. The zero-order valence-electron chi connectivity index (χ0n) is 9.62. The second-order valence-corrected chi connectivity index (χ2v) is 3.55. The van der Waals surface area contributed by atoms with E-state index in [9.17, 15) is 4.79 Å². The fourth-order valence-electron chi connectivity index (χ4n) is 1.35. The summed E-state index contributed by atoms with van der Waals surface area (Å²) in [4.78, 5) is 22.6. The van der Waals surface area contributed by atoms with E-state index in [4.69, 9.17) is 5.11 Å². The van der Waals surface area contributed by atoms with Crippen molar-refractivity contribution in [1.29, 1.82) is 0 Å². The lowest BCUT2D eigenvalue weighted by Gasteiger charge is -2.04. The van der Waals surface area contributed by atoms with E-state index in [1.807, 2.05) is 0 Å². The van der Waals surface area contributed by atoms with Crippen molar-refractivity contribution in [2.75, 3.05) is 11.9 Å². The highest BCUT2D eigenvalue weighted by molar-refractivity contribution is 5.85. The minimum Gasteiger partial charge on any atom is -0.477 e. The largest absolute Gasteiger partial charge is 0.477 e. The Labute approximate surface area is 102 Å². The third-order valence-corrected chi connectivity index (χ3v) is 2.11. The Balaban J connectivity index is 1.98. The van der Waals surface area contributed by atoms with Gasteiger partial charge in [-0.2, -0.15) is 4.98 Å². The first-order chi connectivity index (χ1) is 8.65. The van der Waals surface area contributed by atoms with Gasteiger partial charge in [0.2, 0.25) is 12.3 Å². The van der Waals surface area contributed by atoms with Crippen molar-refractivity contribution in [2.45, 2.75) is 13.3 Å². The highest BCUT2D eigenvalue weighted by atomic mass is 16.5. The van der Waals surface area contributed by atoms with Gasteiger partial charge >= 0.3 is 5.97 Å². The average Bonchev–Trinajstić information content (AvgIpc) is 2.81. The minimum atomic E-state index is -1.08. The van der Waals surface area contributed by atoms with Crippen LogP contribution < -0.4 is 5.32 Å². The van der Waals surface area contributed by atoms with Gasteiger partial charge in [0.05, 0.1) is 0 Å². The van der Waals surface area contributed by atoms with Crippen LogP contribution >= 0.6 is 0 Å². The van der Waals surface area contributed by atoms with Gasteiger partial charge in [0.25, 0.3) is 0 Å². The number of aromatic nitrogens is 4. The molecule has 2 N–H and O–H groups in total. The number of carboxylic acid groups (broad SMARTS) is 1. The first-order valence-electron chi connectivity index (χ1n) is 5.23. The van der Waals surface area contributed by atoms with Crippen molar-refractivity contribution in [3.05, 3.63) is 29.7 Å². The molecular formula is C10H11N5O3. The van der Waals surface area contributed by atoms with Gasteiger partial charge in [-0.15, -0.1) is 0 Å². The number of carboxylic acids is 1. The summed E-state index contributed by atoms with van der Waals surface area (Å²) in [6, 6.07) is 1.41. The Kier molecular flexibility index (Phi) is 3.46. The first-order valence-corrected chi connectivity index (χ1v) is 5.23. The molecular weight excluding hydrogens is 238 g/mol. The third kappa shape index (κ3) is 3.00. The Morgan fingerprint density at radius 1 is 1.50 bits per heavy atom. The van der Waals surface area contributed by atoms with Crippen LogP contribution in [0, 0.1) is 6.92 Å². The van der Waals surface area contributed by atoms with Gasteiger partial charge in [-0.25, -0.2) is 14.8 Å². The maximum absolute atomic E-state index is 10.8. The SMILES string of the molecule is Cc1cc(C(=O)O)nc(NCCc2ncon2)n1. The lowest BCUT2D eigenvalue weighted by Crippen LogP contribution is -2.12. The fourth-order valence-corrected chi connectivity index (χ4v) is 1.35. The van der Waals surface area contributed by atoms with Crippen LogP contribution in [0.25, 0.3) is 0 Å². The number of hydrogen-bond acceptors (Lipinski definition) is 7. The molecule has 0 fully saturated rings. The summed E-state index contributed by atoms with van der Waals surface area (Å²) in [7, 11) is 0. The molecule has 2 rings (SSSR count). The van der Waals surface area contributed by atoms with Crippen LogP contribution in [-0.4, -0.2) is 37.7 Å². The van der Waals surface area contributed by atoms with E-state index in [0.29, 0.717) is 24.5 Å². The van der Waals surface area contributed by atoms with Crippen LogP contribution in [0.3, 0.4) is 0 Å². The second kappa shape index (κ2) is 5.21. The molecule has 0 saturated carbocycles. The summed E-state index contributed by atoms with van der Waals surface area (Å²) >= 11 is 0. The van der Waals surface area contributed by atoms with Crippen molar-refractivity contribution >= 4 is 11.9 Å². The Morgan fingerprint density at radius 2 is 2.33 bits per heavy atom. The highest BCUT2D eigenvalue weighted by Crippen LogP contribution is 2.05. The van der Waals surface area contributed by atoms with Crippen molar-refractivity contribution in [3.63, 3.8) is 0 Å². The number of rotatable bonds is 5. The number of nitrogens with zero attached hydrogens (tertiary/aromatic N) is 4. The van der Waals surface area contributed by atoms with Crippen molar-refractivity contribution in [3.8, 4) is 0 Å². The molecule has 0 spiro atoms. The van der Waals surface area contributed by atoms with Crippen LogP contribution in [0.4, 0.5) is 5.95 Å². The molecule has 0 aliphatic rings. The number of hydrogen-bond donors (Lipinski definition) is 2. The topological polar surface area (TPSA) is 114 Å². The maximum atomic E-state index is 10.8. The van der Waals surface area contributed by atoms with E-state index in [0.717, 1.165) is 0 Å². The molecule has 2 heterocycles. The van der Waals surface area contributed by atoms with E-state index >= 15 is 0 Å². The van der Waals surface area contributed by atoms with Gasteiger partial charge in [-0.1, -0.05) is 5.16 Å². The molecule has 0 radical (unpaired) electrons. The summed E-state index contributed by atoms with van der Waals surface area (Å²) in [5, 5.41) is 15.4. The van der Waals surface area contributed by atoms with Gasteiger partial charge in [0.1, 0.15) is 0 Å². The molecule has 0 saturated heterocycles. The summed E-state index contributed by atoms with van der Waals surface area (Å²) in [5.74, 6) is -0.244. The second-order valence-electron chi connectivity index (χ2n) is 3.55. The smallest absolute Gasteiger partial charge is 0.354 e. The predicted octanol–water partition coefficient (Wildman–Crippen LogP) is 0.521. The van der Waals surface area contributed by atoms with Gasteiger partial charge in [-0.3, -0.25) is 0 Å². The van der Waals surface area contributed by atoms with Crippen LogP contribution in [-0.2, 0) is 6.42 Å². The van der Waals surface area contributed by atoms with E-state index in [2.05, 4.69) is 29.9 Å². The number of aromatic carboxylic acids is 1. The zero-order chi connectivity index (χ0) is 13.0. The van der Waals surface area contributed by atoms with Crippen LogP contribution in [0.15, 0.2) is 17.0 Å². The van der Waals surface area contributed by atoms with Crippen molar-refractivity contribution in [1.82, 2.24) is 20.1 Å². The van der Waals surface area contributed by atoms with E-state index in [1.54, 1.807) is 6.92 Å². The van der Waals surface area contributed by atoms with Crippen molar-refractivity contribution in [2.24, 2.45) is 0 Å². The molecule has 2 aromatic heterocycles. The van der Waals surface area contributed by atoms with E-state index < -0.39 is 5.97 Å². The maximum Gasteiger partial charge on any atom is 0.354 e. The van der Waals surface area contributed by atoms with Crippen LogP contribution in [0.1, 0.15) is 22.0 Å². The van der Waals surface area contributed by atoms with E-state index in [-0.39, 0.29) is 11.6 Å². The standard InChI is InChI=1S/C10H11N5O3/c1-6-4-7(9(16)17)14-10(13-6)11-3-2-8-12-5-18-15-8/h4-5H,2-3H2,1H3,(H,16,17)(H,11,13,14).